The summed E-state index contributed by atoms with van der Waals surface area (Å²) in [5.74, 6) is -2.44. The molecule has 0 aliphatic heterocycles. The molecule has 1 amide bonds. The van der Waals surface area contributed by atoms with E-state index < -0.39 is 22.6 Å². The summed E-state index contributed by atoms with van der Waals surface area (Å²) in [5, 5.41) is 21.8. The third-order valence-corrected chi connectivity index (χ3v) is 7.47. The van der Waals surface area contributed by atoms with E-state index in [0.29, 0.717) is 11.4 Å². The fourth-order valence-electron chi connectivity index (χ4n) is 3.22. The summed E-state index contributed by atoms with van der Waals surface area (Å²) in [6.45, 7) is 3.50. The summed E-state index contributed by atoms with van der Waals surface area (Å²) in [6.07, 6.45) is 1.38. The Hall–Kier alpha value is -1.93. The highest BCUT2D eigenvalue weighted by atomic mass is 32.2. The minimum absolute atomic E-state index is 0.155. The summed E-state index contributed by atoms with van der Waals surface area (Å²) >= 11 is 3.12. The van der Waals surface area contributed by atoms with E-state index in [4.69, 9.17) is 10.8 Å². The number of halogens is 2. The summed E-state index contributed by atoms with van der Waals surface area (Å²) in [5.41, 5.74) is -0.127. The minimum atomic E-state index is -2.67. The Morgan fingerprint density at radius 2 is 2.09 bits per heavy atom. The Balaban J connectivity index is 1.71. The van der Waals surface area contributed by atoms with Crippen molar-refractivity contribution >= 4 is 61.8 Å². The van der Waals surface area contributed by atoms with Crippen molar-refractivity contribution in [3.63, 3.8) is 0 Å². The molecular formula is C18H23F2N7O2S3. The largest absolute Gasteiger partial charge is 0.304 e. The van der Waals surface area contributed by atoms with E-state index in [1.807, 2.05) is 6.92 Å². The topological polar surface area (TPSA) is 140 Å². The van der Waals surface area contributed by atoms with E-state index in [-0.39, 0.29) is 51.8 Å². The van der Waals surface area contributed by atoms with Crippen LogP contribution in [0.2, 0.25) is 0 Å². The van der Waals surface area contributed by atoms with E-state index in [1.165, 1.54) is 22.6 Å². The molecule has 174 valence electrons. The number of alkyl halides is 2. The van der Waals surface area contributed by atoms with Crippen LogP contribution in [-0.4, -0.2) is 52.1 Å². The molecule has 3 rings (SSSR count). The number of rotatable bonds is 5. The summed E-state index contributed by atoms with van der Waals surface area (Å²) in [6, 6.07) is -0.270. The Bertz CT molecular complexity index is 1080. The number of nitrogens with one attached hydrogen (secondary N) is 4. The first-order chi connectivity index (χ1) is 15.1. The van der Waals surface area contributed by atoms with Crippen molar-refractivity contribution in [2.24, 2.45) is 0 Å². The number of amides is 1. The lowest BCUT2D eigenvalue weighted by molar-refractivity contribution is -0.118. The van der Waals surface area contributed by atoms with E-state index in [0.717, 1.165) is 23.5 Å². The van der Waals surface area contributed by atoms with Crippen LogP contribution in [0.25, 0.3) is 11.0 Å². The molecule has 1 aliphatic carbocycles. The van der Waals surface area contributed by atoms with Crippen LogP contribution in [-0.2, 0) is 4.79 Å². The lowest BCUT2D eigenvalue weighted by Gasteiger charge is -2.28. The molecule has 2 aromatic heterocycles. The number of H-pyrrole nitrogens is 1. The quantitative estimate of drug-likeness (QED) is 0.210. The highest BCUT2D eigenvalue weighted by Gasteiger charge is 2.36. The molecule has 1 saturated carbocycles. The first-order valence-electron chi connectivity index (χ1n) is 9.90. The third-order valence-electron chi connectivity index (χ3n) is 4.84. The van der Waals surface area contributed by atoms with Gasteiger partial charge in [0, 0.05) is 12.8 Å². The van der Waals surface area contributed by atoms with Gasteiger partial charge in [-0.15, -0.1) is 11.8 Å². The van der Waals surface area contributed by atoms with Gasteiger partial charge in [-0.05, 0) is 37.3 Å². The Labute approximate surface area is 195 Å². The minimum Gasteiger partial charge on any atom is -0.304 e. The van der Waals surface area contributed by atoms with Crippen molar-refractivity contribution < 1.29 is 13.6 Å². The first-order valence-corrected chi connectivity index (χ1v) is 12.6. The smallest absolute Gasteiger partial charge is 0.262 e. The fraction of sp³-hybridized carbons (Fsp3) is 0.556. The van der Waals surface area contributed by atoms with Crippen LogP contribution in [0.5, 0.6) is 0 Å². The first kappa shape index (κ1) is 24.7. The standard InChI is InChI=1S/C18H23F2N7O2S3/c1-3-30-16(22)32-15(21)25-13(28)9(2)31-17-24-12-11(14(29)26-17)8-23-27(12)10-4-6-18(19,20)7-5-10/h8-10,22H,3-7H2,1-2H3,(H2,21,25,28)(H,24,26,29). The Kier molecular flexibility index (Phi) is 7.98. The van der Waals surface area contributed by atoms with Gasteiger partial charge in [0.25, 0.3) is 5.56 Å². The van der Waals surface area contributed by atoms with Crippen LogP contribution >= 0.6 is 35.3 Å². The number of carbonyl (C=O) groups is 1. The molecule has 9 nitrogen and oxygen atoms in total. The molecule has 1 atom stereocenters. The number of fused-ring (bicyclic) bond motifs is 1. The number of amidine groups is 1. The third kappa shape index (κ3) is 6.10. The molecule has 0 radical (unpaired) electrons. The van der Waals surface area contributed by atoms with Gasteiger partial charge in [-0.3, -0.25) is 20.4 Å². The number of thioether (sulfide) groups is 3. The van der Waals surface area contributed by atoms with Gasteiger partial charge in [0.05, 0.1) is 17.5 Å². The van der Waals surface area contributed by atoms with Crippen LogP contribution in [0.4, 0.5) is 8.78 Å². The zero-order valence-corrected chi connectivity index (χ0v) is 19.9. The molecule has 32 heavy (non-hydrogen) atoms. The molecular weight excluding hydrogens is 480 g/mol. The number of hydrogen-bond acceptors (Lipinski definition) is 9. The normalized spacial score (nSPS) is 17.2. The fourth-order valence-corrected chi connectivity index (χ4v) is 5.45. The van der Waals surface area contributed by atoms with Crippen molar-refractivity contribution in [3.8, 4) is 0 Å². The molecule has 0 saturated heterocycles. The van der Waals surface area contributed by atoms with Crippen molar-refractivity contribution in [2.75, 3.05) is 5.75 Å². The molecule has 0 spiro atoms. The highest BCUT2D eigenvalue weighted by molar-refractivity contribution is 8.44. The van der Waals surface area contributed by atoms with E-state index >= 15 is 0 Å². The van der Waals surface area contributed by atoms with Gasteiger partial charge >= 0.3 is 0 Å². The molecule has 14 heteroatoms. The van der Waals surface area contributed by atoms with Crippen molar-refractivity contribution in [1.82, 2.24) is 25.1 Å². The van der Waals surface area contributed by atoms with Gasteiger partial charge in [-0.2, -0.15) is 5.10 Å². The predicted molar refractivity (Wildman–Crippen MR) is 125 cm³/mol. The second-order valence-corrected chi connectivity index (χ2v) is 11.1. The number of aromatic amines is 1. The maximum atomic E-state index is 13.5. The van der Waals surface area contributed by atoms with Gasteiger partial charge in [0.2, 0.25) is 11.8 Å². The van der Waals surface area contributed by atoms with Gasteiger partial charge in [0.15, 0.2) is 16.0 Å². The Morgan fingerprint density at radius 3 is 2.75 bits per heavy atom. The molecule has 0 aromatic carbocycles. The summed E-state index contributed by atoms with van der Waals surface area (Å²) in [4.78, 5) is 31.9. The maximum Gasteiger partial charge on any atom is 0.262 e. The van der Waals surface area contributed by atoms with Crippen molar-refractivity contribution in [1.29, 1.82) is 10.8 Å². The van der Waals surface area contributed by atoms with Crippen LogP contribution < -0.4 is 10.9 Å². The molecule has 2 aromatic rings. The average Bonchev–Trinajstić information content (AvgIpc) is 3.12. The number of carbonyl (C=O) groups excluding carboxylic acids is 1. The van der Waals surface area contributed by atoms with Crippen molar-refractivity contribution in [3.05, 3.63) is 16.6 Å². The second kappa shape index (κ2) is 10.3. The number of nitrogens with zero attached hydrogens (tertiary/aromatic N) is 3. The van der Waals surface area contributed by atoms with E-state index in [9.17, 15) is 18.4 Å². The van der Waals surface area contributed by atoms with Crippen LogP contribution in [0.1, 0.15) is 45.6 Å². The van der Waals surface area contributed by atoms with Gasteiger partial charge in [0.1, 0.15) is 9.76 Å². The van der Waals surface area contributed by atoms with E-state index in [2.05, 4.69) is 20.4 Å². The van der Waals surface area contributed by atoms with Crippen LogP contribution in [0.3, 0.4) is 0 Å². The number of hydrogen-bond donors (Lipinski definition) is 4. The molecule has 2 heterocycles. The highest BCUT2D eigenvalue weighted by Crippen LogP contribution is 2.38. The zero-order chi connectivity index (χ0) is 23.5. The lowest BCUT2D eigenvalue weighted by atomic mass is 9.92. The molecule has 1 fully saturated rings. The molecule has 4 N–H and O–H groups in total. The maximum absolute atomic E-state index is 13.5. The van der Waals surface area contributed by atoms with Gasteiger partial charge < -0.3 is 10.3 Å². The number of aromatic nitrogens is 4. The van der Waals surface area contributed by atoms with Crippen LogP contribution in [0.15, 0.2) is 16.1 Å². The van der Waals surface area contributed by atoms with Gasteiger partial charge in [-0.1, -0.05) is 18.7 Å². The lowest BCUT2D eigenvalue weighted by Crippen LogP contribution is -2.34. The second-order valence-electron chi connectivity index (χ2n) is 7.19. The van der Waals surface area contributed by atoms with Crippen molar-refractivity contribution in [2.45, 2.75) is 61.9 Å². The predicted octanol–water partition coefficient (Wildman–Crippen LogP) is 3.82. The average molecular weight is 504 g/mol. The zero-order valence-electron chi connectivity index (χ0n) is 17.4. The Morgan fingerprint density at radius 1 is 1.41 bits per heavy atom. The molecule has 1 unspecified atom stereocenters. The molecule has 1 aliphatic rings. The van der Waals surface area contributed by atoms with Crippen LogP contribution in [0, 0.1) is 10.8 Å². The van der Waals surface area contributed by atoms with Gasteiger partial charge in [-0.25, -0.2) is 18.4 Å². The monoisotopic (exact) mass is 503 g/mol. The molecule has 0 bridgehead atoms. The summed E-state index contributed by atoms with van der Waals surface area (Å²) < 4.78 is 28.8. The van der Waals surface area contributed by atoms with E-state index in [1.54, 1.807) is 6.92 Å². The SMILES string of the molecule is CCSC(=N)SC(=N)NC(=O)C(C)Sc1nc2c(cnn2C2CCC(F)(F)CC2)c(=O)[nH]1. The summed E-state index contributed by atoms with van der Waals surface area (Å²) in [7, 11) is 0.